The van der Waals surface area contributed by atoms with Crippen LogP contribution < -0.4 is 10.1 Å². The van der Waals surface area contributed by atoms with E-state index in [0.717, 1.165) is 18.8 Å². The fraction of sp³-hybridized carbons (Fsp3) is 0.538. The lowest BCUT2D eigenvalue weighted by Crippen LogP contribution is -2.42. The van der Waals surface area contributed by atoms with Crippen molar-refractivity contribution < 1.29 is 9.47 Å². The molecule has 2 atom stereocenters. The molecule has 0 aliphatic carbocycles. The summed E-state index contributed by atoms with van der Waals surface area (Å²) in [6, 6.07) is 8.55. The average molecular weight is 258 g/mol. The number of methoxy groups -OCH3 is 1. The second-order valence-corrected chi connectivity index (χ2v) is 4.62. The molecule has 0 amide bonds. The minimum atomic E-state index is -0.244. The van der Waals surface area contributed by atoms with E-state index in [1.807, 2.05) is 12.1 Å². The predicted molar refractivity (Wildman–Crippen MR) is 70.9 cm³/mol. The van der Waals surface area contributed by atoms with Gasteiger partial charge < -0.3 is 9.47 Å². The fourth-order valence-electron chi connectivity index (χ4n) is 2.19. The van der Waals surface area contributed by atoms with Crippen LogP contribution in [0.5, 0.6) is 5.75 Å². The second-order valence-electron chi connectivity index (χ2n) is 4.62. The van der Waals surface area contributed by atoms with Gasteiger partial charge in [-0.1, -0.05) is 12.1 Å². The fourth-order valence-corrected chi connectivity index (χ4v) is 2.19. The first-order valence-corrected chi connectivity index (χ1v) is 5.66. The Kier molecular flexibility index (Phi) is 4.80. The largest absolute Gasteiger partial charge is 0.497 e. The zero-order valence-electron chi connectivity index (χ0n) is 10.5. The van der Waals surface area contributed by atoms with Gasteiger partial charge in [-0.25, -0.2) is 0 Å². The molecule has 0 saturated carbocycles. The molecule has 1 saturated heterocycles. The van der Waals surface area contributed by atoms with E-state index in [4.69, 9.17) is 9.47 Å². The van der Waals surface area contributed by atoms with Gasteiger partial charge in [0.05, 0.1) is 13.7 Å². The van der Waals surface area contributed by atoms with Gasteiger partial charge >= 0.3 is 0 Å². The van der Waals surface area contributed by atoms with Crippen LogP contribution in [-0.4, -0.2) is 25.5 Å². The Morgan fingerprint density at radius 2 is 2.29 bits per heavy atom. The quantitative estimate of drug-likeness (QED) is 0.902. The van der Waals surface area contributed by atoms with Gasteiger partial charge in [-0.15, -0.1) is 12.4 Å². The minimum Gasteiger partial charge on any atom is -0.497 e. The van der Waals surface area contributed by atoms with Crippen LogP contribution in [0.2, 0.25) is 0 Å². The molecule has 1 aliphatic rings. The van der Waals surface area contributed by atoms with Crippen molar-refractivity contribution in [1.29, 1.82) is 0 Å². The molecule has 17 heavy (non-hydrogen) atoms. The molecule has 2 unspecified atom stereocenters. The number of rotatable bonds is 3. The Morgan fingerprint density at radius 1 is 1.53 bits per heavy atom. The number of benzene rings is 1. The van der Waals surface area contributed by atoms with E-state index in [0.29, 0.717) is 6.04 Å². The molecule has 0 aromatic heterocycles. The molecule has 1 aromatic rings. The monoisotopic (exact) mass is 257 g/mol. The summed E-state index contributed by atoms with van der Waals surface area (Å²) in [5.74, 6) is 0.896. The van der Waals surface area contributed by atoms with Gasteiger partial charge in [-0.3, -0.25) is 5.32 Å². The molecule has 1 fully saturated rings. The van der Waals surface area contributed by atoms with Gasteiger partial charge in [0.15, 0.2) is 0 Å². The van der Waals surface area contributed by atoms with Crippen LogP contribution >= 0.6 is 12.4 Å². The second kappa shape index (κ2) is 5.71. The van der Waals surface area contributed by atoms with Gasteiger partial charge in [-0.05, 0) is 31.5 Å². The van der Waals surface area contributed by atoms with E-state index < -0.39 is 0 Å². The molecule has 0 bridgehead atoms. The van der Waals surface area contributed by atoms with E-state index in [1.165, 1.54) is 5.56 Å². The molecule has 2 rings (SSSR count). The van der Waals surface area contributed by atoms with Gasteiger partial charge in [-0.2, -0.15) is 0 Å². The Morgan fingerprint density at radius 3 is 2.88 bits per heavy atom. The van der Waals surface area contributed by atoms with Crippen LogP contribution in [-0.2, 0) is 11.2 Å². The number of ether oxygens (including phenoxy) is 2. The first-order valence-electron chi connectivity index (χ1n) is 5.66. The third-order valence-corrected chi connectivity index (χ3v) is 2.88. The van der Waals surface area contributed by atoms with Gasteiger partial charge in [0.2, 0.25) is 0 Å². The van der Waals surface area contributed by atoms with Crippen LogP contribution in [0.3, 0.4) is 0 Å². The van der Waals surface area contributed by atoms with E-state index in [-0.39, 0.29) is 18.1 Å². The van der Waals surface area contributed by atoms with Crippen molar-refractivity contribution in [2.45, 2.75) is 32.0 Å². The minimum absolute atomic E-state index is 0. The lowest BCUT2D eigenvalue weighted by molar-refractivity contribution is 0.00688. The topological polar surface area (TPSA) is 30.5 Å². The summed E-state index contributed by atoms with van der Waals surface area (Å²) in [6.07, 6.45) is 0.856. The van der Waals surface area contributed by atoms with Crippen molar-refractivity contribution in [3.8, 4) is 5.75 Å². The molecule has 0 radical (unpaired) electrons. The zero-order chi connectivity index (χ0) is 11.6. The molecule has 1 aliphatic heterocycles. The summed E-state index contributed by atoms with van der Waals surface area (Å²) < 4.78 is 11.0. The number of hydrogen-bond donors (Lipinski definition) is 1. The lowest BCUT2D eigenvalue weighted by Gasteiger charge is -2.24. The summed E-state index contributed by atoms with van der Waals surface area (Å²) in [5.41, 5.74) is 0.981. The Hall–Kier alpha value is -0.770. The van der Waals surface area contributed by atoms with Crippen molar-refractivity contribution in [2.75, 3.05) is 13.7 Å². The highest BCUT2D eigenvalue weighted by molar-refractivity contribution is 5.85. The molecule has 1 heterocycles. The first kappa shape index (κ1) is 14.3. The normalized spacial score (nSPS) is 27.6. The Balaban J connectivity index is 0.00000144. The smallest absolute Gasteiger partial charge is 0.120 e. The summed E-state index contributed by atoms with van der Waals surface area (Å²) in [7, 11) is 1.69. The molecule has 4 heteroatoms. The van der Waals surface area contributed by atoms with Crippen LogP contribution in [0, 0.1) is 0 Å². The number of halogens is 1. The summed E-state index contributed by atoms with van der Waals surface area (Å²) in [5, 5.41) is 3.45. The molecular formula is C13H20ClNO2. The van der Waals surface area contributed by atoms with Crippen LogP contribution in [0.25, 0.3) is 0 Å². The van der Waals surface area contributed by atoms with Crippen molar-refractivity contribution >= 4 is 12.4 Å². The third-order valence-electron chi connectivity index (χ3n) is 2.88. The highest BCUT2D eigenvalue weighted by Crippen LogP contribution is 2.22. The maximum absolute atomic E-state index is 5.78. The predicted octanol–water partition coefficient (Wildman–Crippen LogP) is 2.38. The Labute approximate surface area is 109 Å². The molecule has 1 N–H and O–H groups in total. The van der Waals surface area contributed by atoms with Crippen molar-refractivity contribution in [3.05, 3.63) is 29.8 Å². The molecular weight excluding hydrogens is 238 g/mol. The van der Waals surface area contributed by atoms with Crippen LogP contribution in [0.1, 0.15) is 19.4 Å². The van der Waals surface area contributed by atoms with Crippen molar-refractivity contribution in [1.82, 2.24) is 5.32 Å². The van der Waals surface area contributed by atoms with Gasteiger partial charge in [0.1, 0.15) is 11.5 Å². The highest BCUT2D eigenvalue weighted by atomic mass is 35.5. The first-order chi connectivity index (χ1) is 7.61. The molecule has 0 spiro atoms. The van der Waals surface area contributed by atoms with Gasteiger partial charge in [0.25, 0.3) is 0 Å². The highest BCUT2D eigenvalue weighted by Gasteiger charge is 2.33. The van der Waals surface area contributed by atoms with E-state index >= 15 is 0 Å². The molecule has 3 nitrogen and oxygen atoms in total. The lowest BCUT2D eigenvalue weighted by atomic mass is 10.0. The Bertz CT molecular complexity index is 372. The van der Waals surface area contributed by atoms with Crippen LogP contribution in [0.15, 0.2) is 24.3 Å². The summed E-state index contributed by atoms with van der Waals surface area (Å²) >= 11 is 0. The van der Waals surface area contributed by atoms with Crippen LogP contribution in [0.4, 0.5) is 0 Å². The molecule has 96 valence electrons. The maximum atomic E-state index is 5.78. The number of nitrogens with one attached hydrogen (secondary N) is 1. The van der Waals surface area contributed by atoms with E-state index in [2.05, 4.69) is 31.3 Å². The standard InChI is InChI=1S/C13H19NO2.ClH/c1-10-9-16-13(2,14-10)8-11-5-4-6-12(7-11)15-3;/h4-7,10,14H,8-9H2,1-3H3;1H. The maximum Gasteiger partial charge on any atom is 0.120 e. The number of hydrogen-bond acceptors (Lipinski definition) is 3. The average Bonchev–Trinajstić information content (AvgIpc) is 2.58. The van der Waals surface area contributed by atoms with E-state index in [9.17, 15) is 0 Å². The third kappa shape index (κ3) is 3.60. The van der Waals surface area contributed by atoms with E-state index in [1.54, 1.807) is 7.11 Å². The summed E-state index contributed by atoms with van der Waals surface area (Å²) in [4.78, 5) is 0. The zero-order valence-corrected chi connectivity index (χ0v) is 11.3. The summed E-state index contributed by atoms with van der Waals surface area (Å²) in [6.45, 7) is 5.01. The van der Waals surface area contributed by atoms with Crippen molar-refractivity contribution in [3.63, 3.8) is 0 Å². The SMILES string of the molecule is COc1cccc(CC2(C)NC(C)CO2)c1.Cl. The van der Waals surface area contributed by atoms with Crippen molar-refractivity contribution in [2.24, 2.45) is 0 Å². The van der Waals surface area contributed by atoms with Gasteiger partial charge in [0, 0.05) is 12.5 Å². The molecule has 1 aromatic carbocycles.